The highest BCUT2D eigenvalue weighted by molar-refractivity contribution is 9.10. The number of carbonyl (C=O) groups excluding carboxylic acids is 2. The molecule has 39 heavy (non-hydrogen) atoms. The zero-order valence-electron chi connectivity index (χ0n) is 20.5. The maximum Gasteiger partial charge on any atom is 0.343 e. The molecule has 9 heteroatoms. The van der Waals surface area contributed by atoms with Gasteiger partial charge in [-0.05, 0) is 55.0 Å². The quantitative estimate of drug-likeness (QED) is 0.0868. The SMILES string of the molecule is Cc1cccc(C(=O)Oc2ccc(Br)cc2C=NNC(=O)c2[nH]c3cc(Cl)cc(Cl)c3c2-c2ccccc2)c1. The molecule has 6 nitrogen and oxygen atoms in total. The molecule has 0 saturated carbocycles. The fourth-order valence-corrected chi connectivity index (χ4v) is 5.14. The van der Waals surface area contributed by atoms with Crippen molar-refractivity contribution in [1.29, 1.82) is 0 Å². The molecule has 0 aliphatic carbocycles. The Labute approximate surface area is 242 Å². The van der Waals surface area contributed by atoms with Crippen LogP contribution in [0.1, 0.15) is 32.0 Å². The van der Waals surface area contributed by atoms with E-state index >= 15 is 0 Å². The van der Waals surface area contributed by atoms with Crippen LogP contribution in [0.15, 0.2) is 94.5 Å². The summed E-state index contributed by atoms with van der Waals surface area (Å²) in [6.07, 6.45) is 1.41. The summed E-state index contributed by atoms with van der Waals surface area (Å²) in [7, 11) is 0. The predicted molar refractivity (Wildman–Crippen MR) is 159 cm³/mol. The molecule has 0 aliphatic heterocycles. The normalized spacial score (nSPS) is 11.2. The van der Waals surface area contributed by atoms with Gasteiger partial charge >= 0.3 is 5.97 Å². The number of aromatic amines is 1. The Morgan fingerprint density at radius 1 is 0.974 bits per heavy atom. The van der Waals surface area contributed by atoms with Crippen molar-refractivity contribution < 1.29 is 14.3 Å². The van der Waals surface area contributed by atoms with Crippen molar-refractivity contribution in [2.45, 2.75) is 6.92 Å². The Hall–Kier alpha value is -3.91. The molecule has 1 amide bonds. The summed E-state index contributed by atoms with van der Waals surface area (Å²) in [5.74, 6) is -0.692. The lowest BCUT2D eigenvalue weighted by Crippen LogP contribution is -2.19. The number of benzene rings is 4. The van der Waals surface area contributed by atoms with Gasteiger partial charge in [-0.3, -0.25) is 4.79 Å². The molecule has 4 aromatic carbocycles. The van der Waals surface area contributed by atoms with Crippen LogP contribution in [-0.2, 0) is 0 Å². The summed E-state index contributed by atoms with van der Waals surface area (Å²) in [5, 5.41) is 5.69. The Kier molecular flexibility index (Phi) is 7.84. The first-order valence-electron chi connectivity index (χ1n) is 11.8. The second-order valence-corrected chi connectivity index (χ2v) is 10.5. The van der Waals surface area contributed by atoms with Gasteiger partial charge in [-0.15, -0.1) is 0 Å². The standard InChI is InChI=1S/C30H20BrCl2N3O3/c1-17-6-5-9-19(12-17)30(38)39-25-11-10-21(31)13-20(25)16-34-36-29(37)28-26(18-7-3-2-4-8-18)27-23(33)14-22(32)15-24(27)35-28/h2-16,35H,1H3,(H,36,37). The van der Waals surface area contributed by atoms with Gasteiger partial charge in [0.05, 0.1) is 16.8 Å². The van der Waals surface area contributed by atoms with Crippen LogP contribution in [-0.4, -0.2) is 23.1 Å². The number of fused-ring (bicyclic) bond motifs is 1. The molecule has 0 bridgehead atoms. The highest BCUT2D eigenvalue weighted by Gasteiger charge is 2.21. The van der Waals surface area contributed by atoms with Crippen molar-refractivity contribution in [1.82, 2.24) is 10.4 Å². The van der Waals surface area contributed by atoms with E-state index in [0.717, 1.165) is 15.6 Å². The molecule has 0 atom stereocenters. The van der Waals surface area contributed by atoms with Crippen LogP contribution < -0.4 is 10.2 Å². The van der Waals surface area contributed by atoms with Crippen molar-refractivity contribution in [3.63, 3.8) is 0 Å². The lowest BCUT2D eigenvalue weighted by molar-refractivity contribution is 0.0734. The number of aromatic nitrogens is 1. The van der Waals surface area contributed by atoms with Gasteiger partial charge in [0.25, 0.3) is 5.91 Å². The van der Waals surface area contributed by atoms with Crippen LogP contribution >= 0.6 is 39.1 Å². The van der Waals surface area contributed by atoms with Crippen LogP contribution in [0.25, 0.3) is 22.0 Å². The molecule has 5 aromatic rings. The maximum atomic E-state index is 13.3. The van der Waals surface area contributed by atoms with Gasteiger partial charge in [0.15, 0.2) is 0 Å². The summed E-state index contributed by atoms with van der Waals surface area (Å²) in [4.78, 5) is 29.2. The minimum Gasteiger partial charge on any atom is -0.422 e. The Morgan fingerprint density at radius 2 is 1.77 bits per heavy atom. The van der Waals surface area contributed by atoms with Gasteiger partial charge in [-0.2, -0.15) is 5.10 Å². The molecule has 0 saturated heterocycles. The topological polar surface area (TPSA) is 83.5 Å². The minimum absolute atomic E-state index is 0.276. The highest BCUT2D eigenvalue weighted by Crippen LogP contribution is 2.38. The predicted octanol–water partition coefficient (Wildman–Crippen LogP) is 8.20. The second-order valence-electron chi connectivity index (χ2n) is 8.69. The van der Waals surface area contributed by atoms with Crippen molar-refractivity contribution in [2.75, 3.05) is 0 Å². The number of hydrogen-bond donors (Lipinski definition) is 2. The van der Waals surface area contributed by atoms with Gasteiger partial charge in [0, 0.05) is 31.5 Å². The van der Waals surface area contributed by atoms with E-state index in [9.17, 15) is 9.59 Å². The summed E-state index contributed by atoms with van der Waals surface area (Å²) in [6.45, 7) is 1.90. The number of amides is 1. The fourth-order valence-electron chi connectivity index (χ4n) is 4.17. The first-order valence-corrected chi connectivity index (χ1v) is 13.3. The molecule has 0 aliphatic rings. The molecule has 0 fully saturated rings. The highest BCUT2D eigenvalue weighted by atomic mass is 79.9. The van der Waals surface area contributed by atoms with E-state index in [-0.39, 0.29) is 5.69 Å². The molecule has 5 rings (SSSR count). The molecular formula is C30H20BrCl2N3O3. The smallest absolute Gasteiger partial charge is 0.343 e. The summed E-state index contributed by atoms with van der Waals surface area (Å²) < 4.78 is 6.38. The molecule has 2 N–H and O–H groups in total. The van der Waals surface area contributed by atoms with Crippen molar-refractivity contribution >= 4 is 68.1 Å². The fraction of sp³-hybridized carbons (Fsp3) is 0.0333. The van der Waals surface area contributed by atoms with E-state index in [4.69, 9.17) is 27.9 Å². The third kappa shape index (κ3) is 5.91. The number of nitrogens with one attached hydrogen (secondary N) is 2. The molecule has 0 radical (unpaired) electrons. The largest absolute Gasteiger partial charge is 0.422 e. The molecule has 0 spiro atoms. The average Bonchev–Trinajstić information content (AvgIpc) is 3.30. The van der Waals surface area contributed by atoms with Crippen molar-refractivity contribution in [3.8, 4) is 16.9 Å². The molecular weight excluding hydrogens is 601 g/mol. The van der Waals surface area contributed by atoms with E-state index in [1.54, 1.807) is 48.5 Å². The van der Waals surface area contributed by atoms with Crippen LogP contribution in [0.4, 0.5) is 0 Å². The van der Waals surface area contributed by atoms with E-state index in [0.29, 0.717) is 43.4 Å². The number of halogens is 3. The summed E-state index contributed by atoms with van der Waals surface area (Å²) >= 11 is 16.2. The molecule has 1 heterocycles. The first-order chi connectivity index (χ1) is 18.8. The number of aryl methyl sites for hydroxylation is 1. The van der Waals surface area contributed by atoms with Gasteiger partial charge in [-0.1, -0.05) is 87.2 Å². The van der Waals surface area contributed by atoms with Gasteiger partial charge < -0.3 is 9.72 Å². The van der Waals surface area contributed by atoms with E-state index < -0.39 is 11.9 Å². The lowest BCUT2D eigenvalue weighted by atomic mass is 10.0. The Bertz CT molecular complexity index is 1750. The number of hydrogen-bond acceptors (Lipinski definition) is 4. The van der Waals surface area contributed by atoms with E-state index in [2.05, 4.69) is 31.4 Å². The minimum atomic E-state index is -0.499. The third-order valence-electron chi connectivity index (χ3n) is 5.90. The third-order valence-corrected chi connectivity index (χ3v) is 6.91. The van der Waals surface area contributed by atoms with Crippen LogP contribution in [0.2, 0.25) is 10.0 Å². The lowest BCUT2D eigenvalue weighted by Gasteiger charge is -2.09. The zero-order valence-corrected chi connectivity index (χ0v) is 23.6. The second kappa shape index (κ2) is 11.5. The van der Waals surface area contributed by atoms with Crippen LogP contribution in [0, 0.1) is 6.92 Å². The zero-order chi connectivity index (χ0) is 27.5. The first kappa shape index (κ1) is 26.7. The average molecular weight is 621 g/mol. The Balaban J connectivity index is 1.43. The van der Waals surface area contributed by atoms with E-state index in [1.807, 2.05) is 43.3 Å². The Morgan fingerprint density at radius 3 is 2.54 bits per heavy atom. The van der Waals surface area contributed by atoms with Gasteiger partial charge in [0.1, 0.15) is 11.4 Å². The van der Waals surface area contributed by atoms with Crippen LogP contribution in [0.5, 0.6) is 5.75 Å². The number of carbonyl (C=O) groups is 2. The molecule has 1 aromatic heterocycles. The summed E-state index contributed by atoms with van der Waals surface area (Å²) in [6, 6.07) is 25.0. The van der Waals surface area contributed by atoms with Crippen molar-refractivity contribution in [2.24, 2.45) is 5.10 Å². The van der Waals surface area contributed by atoms with Gasteiger partial charge in [-0.25, -0.2) is 10.2 Å². The van der Waals surface area contributed by atoms with E-state index in [1.165, 1.54) is 6.21 Å². The van der Waals surface area contributed by atoms with Crippen molar-refractivity contribution in [3.05, 3.63) is 122 Å². The number of rotatable bonds is 6. The van der Waals surface area contributed by atoms with Crippen LogP contribution in [0.3, 0.4) is 0 Å². The monoisotopic (exact) mass is 619 g/mol. The molecule has 194 valence electrons. The maximum absolute atomic E-state index is 13.3. The number of H-pyrrole nitrogens is 1. The number of ether oxygens (including phenoxy) is 1. The van der Waals surface area contributed by atoms with Gasteiger partial charge in [0.2, 0.25) is 0 Å². The summed E-state index contributed by atoms with van der Waals surface area (Å²) in [5.41, 5.74) is 6.76. The molecule has 0 unspecified atom stereocenters. The number of hydrazone groups is 1. The number of nitrogens with zero attached hydrogens (tertiary/aromatic N) is 1. The number of esters is 1.